The monoisotopic (exact) mass is 432 g/mol. The Bertz CT molecular complexity index is 1020. The normalized spacial score (nSPS) is 17.4. The van der Waals surface area contributed by atoms with Gasteiger partial charge in [0.15, 0.2) is 0 Å². The van der Waals surface area contributed by atoms with Crippen LogP contribution in [-0.2, 0) is 15.0 Å². The van der Waals surface area contributed by atoms with Crippen molar-refractivity contribution in [1.82, 2.24) is 4.90 Å². The molecule has 0 saturated carbocycles. The van der Waals surface area contributed by atoms with E-state index in [-0.39, 0.29) is 17.2 Å². The number of hydrogen-bond donors (Lipinski definition) is 0. The van der Waals surface area contributed by atoms with E-state index >= 15 is 0 Å². The Labute approximate surface area is 190 Å². The second-order valence-corrected chi connectivity index (χ2v) is 9.47. The molecule has 0 N–H and O–H groups in total. The highest BCUT2D eigenvalue weighted by Gasteiger charge is 2.42. The smallest absolute Gasteiger partial charge is 0.282 e. The van der Waals surface area contributed by atoms with Gasteiger partial charge in [-0.2, -0.15) is 0 Å². The predicted molar refractivity (Wildman–Crippen MR) is 128 cm³/mol. The Morgan fingerprint density at radius 1 is 0.844 bits per heavy atom. The summed E-state index contributed by atoms with van der Waals surface area (Å²) in [5, 5.41) is 0. The number of likely N-dealkylation sites (tertiary alicyclic amines) is 1. The number of anilines is 1. The van der Waals surface area contributed by atoms with Crippen molar-refractivity contribution in [3.63, 3.8) is 0 Å². The summed E-state index contributed by atoms with van der Waals surface area (Å²) in [5.74, 6) is 0.260. The Morgan fingerprint density at radius 2 is 1.47 bits per heavy atom. The molecule has 0 radical (unpaired) electrons. The maximum atomic E-state index is 13.7. The van der Waals surface area contributed by atoms with Crippen molar-refractivity contribution in [2.24, 2.45) is 0 Å². The summed E-state index contributed by atoms with van der Waals surface area (Å²) in [6, 6.07) is 15.2. The van der Waals surface area contributed by atoms with E-state index in [1.54, 1.807) is 0 Å². The summed E-state index contributed by atoms with van der Waals surface area (Å²) in [6.45, 7) is 10.6. The molecule has 0 spiro atoms. The first-order chi connectivity index (χ1) is 15.3. The van der Waals surface area contributed by atoms with Gasteiger partial charge in [0.2, 0.25) is 0 Å². The molecule has 2 aliphatic heterocycles. The van der Waals surface area contributed by atoms with Gasteiger partial charge in [0, 0.05) is 13.1 Å². The fraction of sp³-hybridized carbons (Fsp3) is 0.407. The molecule has 5 heteroatoms. The number of rotatable bonds is 5. The number of nitrogens with zero attached hydrogens (tertiary/aromatic N) is 2. The molecule has 0 aliphatic carbocycles. The van der Waals surface area contributed by atoms with Gasteiger partial charge in [0.1, 0.15) is 11.4 Å². The van der Waals surface area contributed by atoms with E-state index in [0.29, 0.717) is 23.6 Å². The summed E-state index contributed by atoms with van der Waals surface area (Å²) in [5.41, 5.74) is 3.54. The first-order valence-electron chi connectivity index (χ1n) is 11.5. The van der Waals surface area contributed by atoms with Crippen LogP contribution in [0.4, 0.5) is 5.69 Å². The number of amides is 2. The highest BCUT2D eigenvalue weighted by molar-refractivity contribution is 6.45. The van der Waals surface area contributed by atoms with Gasteiger partial charge in [0.05, 0.1) is 17.9 Å². The van der Waals surface area contributed by atoms with Crippen molar-refractivity contribution in [3.8, 4) is 5.75 Å². The number of hydrogen-bond acceptors (Lipinski definition) is 4. The fourth-order valence-electron chi connectivity index (χ4n) is 4.42. The molecule has 32 heavy (non-hydrogen) atoms. The first-order valence-corrected chi connectivity index (χ1v) is 11.5. The number of benzene rings is 2. The van der Waals surface area contributed by atoms with Crippen LogP contribution in [0.5, 0.6) is 5.75 Å². The van der Waals surface area contributed by atoms with Gasteiger partial charge in [-0.25, -0.2) is 4.90 Å². The minimum absolute atomic E-state index is 0.00222. The zero-order chi connectivity index (χ0) is 22.9. The van der Waals surface area contributed by atoms with Crippen molar-refractivity contribution < 1.29 is 14.3 Å². The molecule has 0 atom stereocenters. The predicted octanol–water partition coefficient (Wildman–Crippen LogP) is 5.15. The summed E-state index contributed by atoms with van der Waals surface area (Å²) in [4.78, 5) is 30.7. The molecule has 1 saturated heterocycles. The van der Waals surface area contributed by atoms with E-state index < -0.39 is 0 Å². The largest absolute Gasteiger partial charge is 0.494 e. The Balaban J connectivity index is 1.74. The molecule has 2 amide bonds. The number of ether oxygens (including phenoxy) is 1. The lowest BCUT2D eigenvalue weighted by Gasteiger charge is -2.29. The van der Waals surface area contributed by atoms with Crippen LogP contribution in [0, 0.1) is 0 Å². The molecule has 2 aromatic rings. The van der Waals surface area contributed by atoms with Crippen molar-refractivity contribution in [2.45, 2.75) is 52.4 Å². The quantitative estimate of drug-likeness (QED) is 0.613. The Kier molecular flexibility index (Phi) is 6.09. The molecule has 2 aromatic carbocycles. The Hall–Kier alpha value is -3.08. The summed E-state index contributed by atoms with van der Waals surface area (Å²) >= 11 is 0. The molecule has 0 aromatic heterocycles. The van der Waals surface area contributed by atoms with Gasteiger partial charge in [-0.1, -0.05) is 45.0 Å². The minimum atomic E-state index is -0.261. The molecule has 0 bridgehead atoms. The van der Waals surface area contributed by atoms with Crippen LogP contribution in [0.15, 0.2) is 54.2 Å². The molecule has 168 valence electrons. The van der Waals surface area contributed by atoms with E-state index in [4.69, 9.17) is 4.74 Å². The third-order valence-electron chi connectivity index (χ3n) is 6.18. The van der Waals surface area contributed by atoms with Gasteiger partial charge in [-0.05, 0) is 67.0 Å². The van der Waals surface area contributed by atoms with Gasteiger partial charge in [0.25, 0.3) is 11.8 Å². The van der Waals surface area contributed by atoms with Crippen LogP contribution in [0.25, 0.3) is 5.57 Å². The summed E-state index contributed by atoms with van der Waals surface area (Å²) in [7, 11) is 0. The van der Waals surface area contributed by atoms with Gasteiger partial charge in [-0.3, -0.25) is 9.59 Å². The topological polar surface area (TPSA) is 49.9 Å². The van der Waals surface area contributed by atoms with Gasteiger partial charge < -0.3 is 9.64 Å². The zero-order valence-electron chi connectivity index (χ0n) is 19.5. The number of carbonyl (C=O) groups excluding carboxylic acids is 2. The summed E-state index contributed by atoms with van der Waals surface area (Å²) in [6.07, 6.45) is 3.21. The highest BCUT2D eigenvalue weighted by Crippen LogP contribution is 2.37. The average Bonchev–Trinajstić information content (AvgIpc) is 3.04. The first kappa shape index (κ1) is 22.1. The van der Waals surface area contributed by atoms with Crippen LogP contribution < -0.4 is 9.64 Å². The molecule has 4 rings (SSSR count). The van der Waals surface area contributed by atoms with Crippen LogP contribution in [0.2, 0.25) is 0 Å². The fourth-order valence-corrected chi connectivity index (χ4v) is 4.42. The molecule has 5 nitrogen and oxygen atoms in total. The third-order valence-corrected chi connectivity index (χ3v) is 6.18. The highest BCUT2D eigenvalue weighted by atomic mass is 16.5. The number of imide groups is 1. The van der Waals surface area contributed by atoms with Crippen LogP contribution in [0.3, 0.4) is 0 Å². The lowest BCUT2D eigenvalue weighted by Crippen LogP contribution is -2.37. The lowest BCUT2D eigenvalue weighted by molar-refractivity contribution is -0.120. The Morgan fingerprint density at radius 3 is 2.03 bits per heavy atom. The van der Waals surface area contributed by atoms with E-state index in [9.17, 15) is 9.59 Å². The van der Waals surface area contributed by atoms with Gasteiger partial charge >= 0.3 is 0 Å². The van der Waals surface area contributed by atoms with Crippen molar-refractivity contribution >= 4 is 23.1 Å². The number of carbonyl (C=O) groups is 2. The second-order valence-electron chi connectivity index (χ2n) is 9.47. The molecular formula is C27H32N2O3. The van der Waals surface area contributed by atoms with Crippen molar-refractivity contribution in [3.05, 3.63) is 65.4 Å². The van der Waals surface area contributed by atoms with Crippen molar-refractivity contribution in [1.29, 1.82) is 0 Å². The molecule has 2 aliphatic rings. The SMILES string of the molecule is CCOc1ccc(C2=C(N3CCCCC3)C(=O)N(c3ccc(C(C)(C)C)cc3)C2=O)cc1. The maximum absolute atomic E-state index is 13.7. The summed E-state index contributed by atoms with van der Waals surface area (Å²) < 4.78 is 5.55. The zero-order valence-corrected chi connectivity index (χ0v) is 19.5. The van der Waals surface area contributed by atoms with Gasteiger partial charge in [-0.15, -0.1) is 0 Å². The standard InChI is InChI=1S/C27H32N2O3/c1-5-32-22-15-9-19(10-16-22)23-24(28-17-7-6-8-18-28)26(31)29(25(23)30)21-13-11-20(12-14-21)27(2,3)4/h9-16H,5-8,17-18H2,1-4H3. The van der Waals surface area contributed by atoms with E-state index in [1.807, 2.05) is 55.5 Å². The minimum Gasteiger partial charge on any atom is -0.494 e. The maximum Gasteiger partial charge on any atom is 0.282 e. The van der Waals surface area contributed by atoms with E-state index in [1.165, 1.54) is 4.90 Å². The molecular weight excluding hydrogens is 400 g/mol. The van der Waals surface area contributed by atoms with E-state index in [2.05, 4.69) is 25.7 Å². The van der Waals surface area contributed by atoms with E-state index in [0.717, 1.165) is 49.2 Å². The lowest BCUT2D eigenvalue weighted by atomic mass is 9.87. The third kappa shape index (κ3) is 4.16. The second kappa shape index (κ2) is 8.81. The molecule has 1 fully saturated rings. The van der Waals surface area contributed by atoms with Crippen LogP contribution >= 0.6 is 0 Å². The van der Waals surface area contributed by atoms with Crippen molar-refractivity contribution in [2.75, 3.05) is 24.6 Å². The number of piperidine rings is 1. The molecule has 0 unspecified atom stereocenters. The molecule has 2 heterocycles. The van der Waals surface area contributed by atoms with Crippen LogP contribution in [-0.4, -0.2) is 36.4 Å². The van der Waals surface area contributed by atoms with Crippen LogP contribution in [0.1, 0.15) is 58.1 Å². The average molecular weight is 433 g/mol.